The predicted octanol–water partition coefficient (Wildman–Crippen LogP) is 8.36. The van der Waals surface area contributed by atoms with E-state index in [1.165, 1.54) is 0 Å². The highest BCUT2D eigenvalue weighted by Crippen LogP contribution is 2.37. The second kappa shape index (κ2) is 12.6. The molecule has 0 saturated carbocycles. The number of benzene rings is 4. The quantitative estimate of drug-likeness (QED) is 0.214. The van der Waals surface area contributed by atoms with Gasteiger partial charge in [0, 0.05) is 10.0 Å². The summed E-state index contributed by atoms with van der Waals surface area (Å²) < 4.78 is 28.8. The van der Waals surface area contributed by atoms with E-state index in [1.54, 1.807) is 121 Å². The van der Waals surface area contributed by atoms with E-state index in [-0.39, 0.29) is 0 Å². The molecule has 4 aromatic rings. The molecule has 0 aliphatic carbocycles. The van der Waals surface area contributed by atoms with Crippen molar-refractivity contribution in [3.8, 4) is 12.1 Å². The average molecular weight is 570 g/mol. The molecule has 2 unspecified atom stereocenters. The molecule has 0 amide bonds. The lowest BCUT2D eigenvalue weighted by atomic mass is 10.1. The van der Waals surface area contributed by atoms with Gasteiger partial charge in [0.05, 0.1) is 23.3 Å². The van der Waals surface area contributed by atoms with E-state index in [2.05, 4.69) is 12.1 Å². The molecule has 0 saturated heterocycles. The van der Waals surface area contributed by atoms with E-state index in [0.29, 0.717) is 32.3 Å². The normalized spacial score (nSPS) is 13.1. The number of rotatable bonds is 8. The van der Waals surface area contributed by atoms with E-state index in [0.717, 1.165) is 11.1 Å². The number of nitrogens with zero attached hydrogens (tertiary/aromatic N) is 2. The third-order valence-corrected chi connectivity index (χ3v) is 8.89. The maximum Gasteiger partial charge on any atom is 0.171 e. The Morgan fingerprint density at radius 2 is 0.897 bits per heavy atom. The third kappa shape index (κ3) is 7.05. The first-order valence-electron chi connectivity index (χ1n) is 11.9. The van der Waals surface area contributed by atoms with Crippen LogP contribution in [0.25, 0.3) is 12.2 Å². The topological polar surface area (TPSA) is 81.7 Å². The molecule has 0 fully saturated rings. The van der Waals surface area contributed by atoms with Gasteiger partial charge in [-0.2, -0.15) is 10.5 Å². The second-order valence-electron chi connectivity index (χ2n) is 8.72. The molecule has 192 valence electrons. The van der Waals surface area contributed by atoms with Gasteiger partial charge in [0.1, 0.15) is 10.5 Å². The molecule has 0 aliphatic heterocycles. The fourth-order valence-corrected chi connectivity index (χ4v) is 6.25. The molecule has 0 spiro atoms. The van der Waals surface area contributed by atoms with Gasteiger partial charge in [-0.1, -0.05) is 96.0 Å². The van der Waals surface area contributed by atoms with Gasteiger partial charge in [0.25, 0.3) is 0 Å². The van der Waals surface area contributed by atoms with Crippen LogP contribution in [0.2, 0.25) is 10.0 Å². The highest BCUT2D eigenvalue weighted by atomic mass is 35.5. The zero-order chi connectivity index (χ0) is 27.8. The minimum absolute atomic E-state index is 0.433. The molecular weight excluding hydrogens is 547 g/mol. The van der Waals surface area contributed by atoms with Gasteiger partial charge in [-0.05, 0) is 70.8 Å². The van der Waals surface area contributed by atoms with Crippen molar-refractivity contribution in [2.45, 2.75) is 10.5 Å². The van der Waals surface area contributed by atoms with Crippen molar-refractivity contribution >= 4 is 45.2 Å². The van der Waals surface area contributed by atoms with Crippen LogP contribution in [0, 0.1) is 22.7 Å². The summed E-state index contributed by atoms with van der Waals surface area (Å²) in [5, 5.41) is 17.6. The van der Waals surface area contributed by atoms with Crippen LogP contribution in [-0.4, -0.2) is 8.42 Å². The highest BCUT2D eigenvalue weighted by Gasteiger charge is 2.33. The molecule has 2 atom stereocenters. The van der Waals surface area contributed by atoms with Crippen molar-refractivity contribution < 1.29 is 8.42 Å². The number of hydrogen-bond acceptors (Lipinski definition) is 4. The SMILES string of the molecule is N#Cc1ccc(C(C=Cc2ccc(Cl)cc2)S(=O)(=O)C(C=Cc2ccc(Cl)cc2)c2ccc(C#N)cc2)cc1. The smallest absolute Gasteiger partial charge is 0.171 e. The Labute approximate surface area is 238 Å². The van der Waals surface area contributed by atoms with E-state index >= 15 is 0 Å². The second-order valence-corrected chi connectivity index (χ2v) is 11.8. The largest absolute Gasteiger partial charge is 0.227 e. The first kappa shape index (κ1) is 27.9. The zero-order valence-electron chi connectivity index (χ0n) is 20.6. The summed E-state index contributed by atoms with van der Waals surface area (Å²) in [4.78, 5) is 0. The van der Waals surface area contributed by atoms with Gasteiger partial charge in [0.2, 0.25) is 0 Å². The summed E-state index contributed by atoms with van der Waals surface area (Å²) in [6.45, 7) is 0. The van der Waals surface area contributed by atoms with Crippen LogP contribution < -0.4 is 0 Å². The van der Waals surface area contributed by atoms with Gasteiger partial charge in [-0.15, -0.1) is 0 Å². The monoisotopic (exact) mass is 568 g/mol. The first-order chi connectivity index (χ1) is 18.8. The summed E-state index contributed by atoms with van der Waals surface area (Å²) in [7, 11) is -3.96. The van der Waals surface area contributed by atoms with Crippen LogP contribution in [0.5, 0.6) is 0 Å². The predicted molar refractivity (Wildman–Crippen MR) is 158 cm³/mol. The molecule has 0 aromatic heterocycles. The molecule has 39 heavy (non-hydrogen) atoms. The lowest BCUT2D eigenvalue weighted by Crippen LogP contribution is -2.19. The van der Waals surface area contributed by atoms with Crippen molar-refractivity contribution in [1.29, 1.82) is 10.5 Å². The fourth-order valence-electron chi connectivity index (χ4n) is 4.02. The summed E-state index contributed by atoms with van der Waals surface area (Å²) in [5.74, 6) is 0. The van der Waals surface area contributed by atoms with Crippen molar-refractivity contribution in [3.05, 3.63) is 153 Å². The number of halogens is 2. The van der Waals surface area contributed by atoms with Crippen LogP contribution in [0.3, 0.4) is 0 Å². The summed E-state index contributed by atoms with van der Waals surface area (Å²) in [6, 6.07) is 31.4. The van der Waals surface area contributed by atoms with Crippen molar-refractivity contribution in [2.24, 2.45) is 0 Å². The fraction of sp³-hybridized carbons (Fsp3) is 0.0625. The van der Waals surface area contributed by atoms with Gasteiger partial charge in [-0.25, -0.2) is 8.42 Å². The zero-order valence-corrected chi connectivity index (χ0v) is 22.9. The van der Waals surface area contributed by atoms with Crippen LogP contribution in [0.4, 0.5) is 0 Å². The summed E-state index contributed by atoms with van der Waals surface area (Å²) >= 11 is 12.0. The van der Waals surface area contributed by atoms with Crippen molar-refractivity contribution in [2.75, 3.05) is 0 Å². The minimum atomic E-state index is -3.96. The van der Waals surface area contributed by atoms with Crippen LogP contribution >= 0.6 is 23.2 Å². The third-order valence-electron chi connectivity index (χ3n) is 6.11. The molecule has 0 heterocycles. The number of nitriles is 2. The average Bonchev–Trinajstić information content (AvgIpc) is 2.95. The van der Waals surface area contributed by atoms with Crippen LogP contribution in [0.15, 0.2) is 109 Å². The van der Waals surface area contributed by atoms with E-state index in [4.69, 9.17) is 23.2 Å². The standard InChI is InChI=1S/C32H22Cl2N2O2S/c33-29-15-5-23(6-16-29)9-19-31(27-11-1-25(21-35)2-12-27)39(37,38)32(28-13-3-26(22-36)4-14-28)20-10-24-7-17-30(34)18-8-24/h1-20,31-32H. The molecule has 0 bridgehead atoms. The van der Waals surface area contributed by atoms with Gasteiger partial charge in [0.15, 0.2) is 9.84 Å². The molecule has 7 heteroatoms. The van der Waals surface area contributed by atoms with Crippen LogP contribution in [-0.2, 0) is 9.84 Å². The molecule has 4 nitrogen and oxygen atoms in total. The molecular formula is C32H22Cl2N2O2S. The lowest BCUT2D eigenvalue weighted by Gasteiger charge is -2.22. The highest BCUT2D eigenvalue weighted by molar-refractivity contribution is 7.92. The van der Waals surface area contributed by atoms with E-state index < -0.39 is 20.3 Å². The Hall–Kier alpha value is -4.13. The molecule has 4 rings (SSSR count). The number of hydrogen-bond donors (Lipinski definition) is 0. The van der Waals surface area contributed by atoms with Crippen molar-refractivity contribution in [3.63, 3.8) is 0 Å². The Kier molecular flexibility index (Phi) is 9.02. The lowest BCUT2D eigenvalue weighted by molar-refractivity contribution is 0.584. The van der Waals surface area contributed by atoms with Gasteiger partial charge < -0.3 is 0 Å². The molecule has 0 radical (unpaired) electrons. The minimum Gasteiger partial charge on any atom is -0.227 e. The molecule has 0 aliphatic rings. The van der Waals surface area contributed by atoms with Gasteiger partial charge in [-0.3, -0.25) is 0 Å². The van der Waals surface area contributed by atoms with E-state index in [1.807, 2.05) is 0 Å². The Morgan fingerprint density at radius 1 is 0.564 bits per heavy atom. The Morgan fingerprint density at radius 3 is 1.21 bits per heavy atom. The first-order valence-corrected chi connectivity index (χ1v) is 14.3. The van der Waals surface area contributed by atoms with Crippen molar-refractivity contribution in [1.82, 2.24) is 0 Å². The Balaban J connectivity index is 1.83. The van der Waals surface area contributed by atoms with Crippen LogP contribution in [0.1, 0.15) is 43.9 Å². The summed E-state index contributed by atoms with van der Waals surface area (Å²) in [6.07, 6.45) is 6.78. The maximum atomic E-state index is 14.4. The number of sulfone groups is 1. The van der Waals surface area contributed by atoms with E-state index in [9.17, 15) is 18.9 Å². The van der Waals surface area contributed by atoms with Gasteiger partial charge >= 0.3 is 0 Å². The molecule has 4 aromatic carbocycles. The maximum absolute atomic E-state index is 14.4. The summed E-state index contributed by atoms with van der Waals surface area (Å²) in [5.41, 5.74) is 3.50. The molecule has 0 N–H and O–H groups in total. The Bertz CT molecular complexity index is 1560.